The Hall–Kier alpha value is -4.74. The van der Waals surface area contributed by atoms with Gasteiger partial charge in [0.15, 0.2) is 0 Å². The van der Waals surface area contributed by atoms with E-state index in [-0.39, 0.29) is 11.5 Å². The zero-order valence-electron chi connectivity index (χ0n) is 30.0. The topological polar surface area (TPSA) is 118 Å². The van der Waals surface area contributed by atoms with Gasteiger partial charge in [-0.15, -0.1) is 10.2 Å². The van der Waals surface area contributed by atoms with E-state index in [1.807, 2.05) is 24.3 Å². The average Bonchev–Trinajstić information content (AvgIpc) is 3.80. The van der Waals surface area contributed by atoms with E-state index < -0.39 is 42.6 Å². The van der Waals surface area contributed by atoms with Crippen LogP contribution < -0.4 is 10.9 Å². The standard InChI is InChI=1S/C39H39B2N3O7/c1-36(2)37(3,4)49-40(48-36)26-15-17-29-30-18-16-27(41-50-38(5,6)39(7,8)51-41)22-32(30)44(31(29)21-26)28-14-10-12-24(20-28)34-43-42-33(47-34)23-11-9-13-25(19-23)35(45)46/h9-22H,1-8H3,(H,45,46). The van der Waals surface area contributed by atoms with Crippen molar-refractivity contribution >= 4 is 52.9 Å². The molecule has 2 aromatic heterocycles. The van der Waals surface area contributed by atoms with Gasteiger partial charge in [0.1, 0.15) is 0 Å². The first-order valence-corrected chi connectivity index (χ1v) is 17.1. The molecular formula is C39H39B2N3O7. The molecule has 2 aliphatic rings. The number of rotatable bonds is 6. The number of carboxylic acids is 1. The Morgan fingerprint density at radius 2 is 1.06 bits per heavy atom. The third kappa shape index (κ3) is 5.49. The summed E-state index contributed by atoms with van der Waals surface area (Å²) in [5, 5.41) is 20.2. The third-order valence-electron chi connectivity index (χ3n) is 11.0. The van der Waals surface area contributed by atoms with Crippen LogP contribution in [0.2, 0.25) is 0 Å². The fraction of sp³-hybridized carbons (Fsp3) is 0.308. The highest BCUT2D eigenvalue weighted by atomic mass is 16.7. The predicted molar refractivity (Wildman–Crippen MR) is 198 cm³/mol. The second kappa shape index (κ2) is 11.4. The van der Waals surface area contributed by atoms with E-state index in [0.29, 0.717) is 17.0 Å². The maximum absolute atomic E-state index is 11.6. The van der Waals surface area contributed by atoms with Crippen LogP contribution >= 0.6 is 0 Å². The molecule has 0 saturated carbocycles. The van der Waals surface area contributed by atoms with Gasteiger partial charge >= 0.3 is 20.2 Å². The Bertz CT molecular complexity index is 2230. The van der Waals surface area contributed by atoms with Gasteiger partial charge in [0.25, 0.3) is 0 Å². The summed E-state index contributed by atoms with van der Waals surface area (Å²) in [6.45, 7) is 16.4. The lowest BCUT2D eigenvalue weighted by Gasteiger charge is -2.32. The number of aromatic nitrogens is 3. The lowest BCUT2D eigenvalue weighted by Crippen LogP contribution is -2.41. The minimum Gasteiger partial charge on any atom is -0.478 e. The molecule has 0 amide bonds. The van der Waals surface area contributed by atoms with Crippen LogP contribution in [0.15, 0.2) is 89.3 Å². The average molecular weight is 683 g/mol. The molecule has 12 heteroatoms. The van der Waals surface area contributed by atoms with Crippen molar-refractivity contribution < 1.29 is 32.9 Å². The minimum atomic E-state index is -1.03. The third-order valence-corrected chi connectivity index (χ3v) is 11.0. The Kier molecular flexibility index (Phi) is 7.46. The van der Waals surface area contributed by atoms with Crippen molar-refractivity contribution in [1.82, 2.24) is 14.8 Å². The largest absolute Gasteiger partial charge is 0.494 e. The summed E-state index contributed by atoms with van der Waals surface area (Å²) in [7, 11) is -1.07. The van der Waals surface area contributed by atoms with Crippen LogP contribution in [0, 0.1) is 0 Å². The second-order valence-electron chi connectivity index (χ2n) is 15.4. The lowest BCUT2D eigenvalue weighted by atomic mass is 9.78. The molecule has 8 rings (SSSR count). The molecular weight excluding hydrogens is 644 g/mol. The number of carboxylic acid groups (broad SMARTS) is 1. The van der Waals surface area contributed by atoms with Gasteiger partial charge in [-0.1, -0.05) is 36.4 Å². The summed E-state index contributed by atoms with van der Waals surface area (Å²) < 4.78 is 34.1. The number of hydrogen-bond acceptors (Lipinski definition) is 8. The quantitative estimate of drug-likeness (QED) is 0.189. The van der Waals surface area contributed by atoms with Gasteiger partial charge in [0.2, 0.25) is 11.8 Å². The zero-order chi connectivity index (χ0) is 36.1. The summed E-state index contributed by atoms with van der Waals surface area (Å²) in [4.78, 5) is 11.6. The van der Waals surface area contributed by atoms with Crippen molar-refractivity contribution in [2.75, 3.05) is 0 Å². The molecule has 10 nitrogen and oxygen atoms in total. The van der Waals surface area contributed by atoms with Crippen molar-refractivity contribution in [3.63, 3.8) is 0 Å². The van der Waals surface area contributed by atoms with Gasteiger partial charge in [0, 0.05) is 27.6 Å². The summed E-state index contributed by atoms with van der Waals surface area (Å²) in [6, 6.07) is 27.0. The van der Waals surface area contributed by atoms with Gasteiger partial charge in [-0.2, -0.15) is 0 Å². The first-order chi connectivity index (χ1) is 24.0. The van der Waals surface area contributed by atoms with E-state index in [1.165, 1.54) is 12.1 Å². The van der Waals surface area contributed by atoms with Gasteiger partial charge < -0.3 is 32.7 Å². The monoisotopic (exact) mass is 683 g/mol. The molecule has 258 valence electrons. The maximum atomic E-state index is 11.6. The number of fused-ring (bicyclic) bond motifs is 3. The Balaban J connectivity index is 1.27. The number of carbonyl (C=O) groups is 1. The van der Waals surface area contributed by atoms with E-state index in [0.717, 1.165) is 38.4 Å². The van der Waals surface area contributed by atoms with Gasteiger partial charge in [-0.25, -0.2) is 4.79 Å². The van der Waals surface area contributed by atoms with Gasteiger partial charge in [-0.3, -0.25) is 0 Å². The van der Waals surface area contributed by atoms with Gasteiger partial charge in [-0.05, 0) is 115 Å². The van der Waals surface area contributed by atoms with E-state index in [1.54, 1.807) is 12.1 Å². The van der Waals surface area contributed by atoms with E-state index in [9.17, 15) is 9.90 Å². The number of benzene rings is 4. The first kappa shape index (κ1) is 33.4. The molecule has 0 atom stereocenters. The Labute approximate surface area is 297 Å². The van der Waals surface area contributed by atoms with Crippen LogP contribution in [-0.2, 0) is 18.6 Å². The SMILES string of the molecule is CC1(C)OB(c2ccc3c4ccc(B5OC(C)(C)C(C)(C)O5)cc4n(-c4cccc(-c5nnc(-c6cccc(C(=O)O)c6)o5)c4)c3c2)OC1(C)C. The maximum Gasteiger partial charge on any atom is 0.494 e. The highest BCUT2D eigenvalue weighted by Gasteiger charge is 2.53. The molecule has 2 aliphatic heterocycles. The van der Waals surface area contributed by atoms with Crippen LogP contribution in [0.5, 0.6) is 0 Å². The normalized spacial score (nSPS) is 19.0. The van der Waals surface area contributed by atoms with E-state index in [4.69, 9.17) is 23.0 Å². The van der Waals surface area contributed by atoms with E-state index in [2.05, 4.69) is 107 Å². The number of aromatic carboxylic acids is 1. The van der Waals surface area contributed by atoms with Crippen molar-refractivity contribution in [2.24, 2.45) is 0 Å². The van der Waals surface area contributed by atoms with Crippen LogP contribution in [0.1, 0.15) is 65.7 Å². The predicted octanol–water partition coefficient (Wildman–Crippen LogP) is 6.80. The van der Waals surface area contributed by atoms with Crippen molar-refractivity contribution in [1.29, 1.82) is 0 Å². The summed E-state index contributed by atoms with van der Waals surface area (Å²) >= 11 is 0. The number of hydrogen-bond donors (Lipinski definition) is 1. The smallest absolute Gasteiger partial charge is 0.478 e. The van der Waals surface area contributed by atoms with Crippen molar-refractivity contribution in [3.05, 3.63) is 90.5 Å². The van der Waals surface area contributed by atoms with E-state index >= 15 is 0 Å². The molecule has 6 aromatic rings. The lowest BCUT2D eigenvalue weighted by molar-refractivity contribution is 0.00578. The van der Waals surface area contributed by atoms with Crippen molar-refractivity contribution in [2.45, 2.75) is 77.8 Å². The molecule has 4 aromatic carbocycles. The second-order valence-corrected chi connectivity index (χ2v) is 15.4. The molecule has 0 spiro atoms. The van der Waals surface area contributed by atoms with Crippen LogP contribution in [-0.4, -0.2) is 62.5 Å². The highest BCUT2D eigenvalue weighted by Crippen LogP contribution is 2.39. The first-order valence-electron chi connectivity index (χ1n) is 17.1. The van der Waals surface area contributed by atoms with Crippen LogP contribution in [0.3, 0.4) is 0 Å². The fourth-order valence-electron chi connectivity index (χ4n) is 6.60. The molecule has 1 N–H and O–H groups in total. The van der Waals surface area contributed by atoms with Gasteiger partial charge in [0.05, 0.1) is 39.0 Å². The Morgan fingerprint density at radius 3 is 1.53 bits per heavy atom. The molecule has 2 fully saturated rings. The van der Waals surface area contributed by atoms with Crippen molar-refractivity contribution in [3.8, 4) is 28.6 Å². The Morgan fingerprint density at radius 1 is 0.608 bits per heavy atom. The fourth-order valence-corrected chi connectivity index (χ4v) is 6.60. The van der Waals surface area contributed by atoms with Crippen LogP contribution in [0.4, 0.5) is 0 Å². The molecule has 0 radical (unpaired) electrons. The molecule has 4 heterocycles. The molecule has 51 heavy (non-hydrogen) atoms. The molecule has 2 saturated heterocycles. The molecule has 0 bridgehead atoms. The highest BCUT2D eigenvalue weighted by molar-refractivity contribution is 6.63. The summed E-state index contributed by atoms with van der Waals surface area (Å²) in [6.07, 6.45) is 0. The number of nitrogens with zero attached hydrogens (tertiary/aromatic N) is 3. The minimum absolute atomic E-state index is 0.139. The van der Waals surface area contributed by atoms with Crippen LogP contribution in [0.25, 0.3) is 50.4 Å². The zero-order valence-corrected chi connectivity index (χ0v) is 30.0. The molecule has 0 unspecified atom stereocenters. The summed E-state index contributed by atoms with van der Waals surface area (Å²) in [5.74, 6) is -0.489. The summed E-state index contributed by atoms with van der Waals surface area (Å²) in [5.41, 5.74) is 4.08. The molecule has 0 aliphatic carbocycles.